The Balaban J connectivity index is 2.14. The van der Waals surface area contributed by atoms with E-state index in [9.17, 15) is 27.2 Å². The number of hydrogen-bond acceptors (Lipinski definition) is 4. The number of carbonyl (C=O) groups is 2. The fourth-order valence-electron chi connectivity index (χ4n) is 2.02. The van der Waals surface area contributed by atoms with E-state index in [4.69, 9.17) is 5.73 Å². The van der Waals surface area contributed by atoms with Gasteiger partial charge in [0.15, 0.2) is 5.69 Å². The Hall–Kier alpha value is -3.18. The molecule has 0 aliphatic rings. The molecule has 0 atom stereocenters. The summed E-state index contributed by atoms with van der Waals surface area (Å²) in [5, 5.41) is 8.04. The van der Waals surface area contributed by atoms with Gasteiger partial charge < -0.3 is 5.73 Å². The van der Waals surface area contributed by atoms with Gasteiger partial charge in [0.25, 0.3) is 5.91 Å². The number of nitrogens with zero attached hydrogens (tertiary/aromatic N) is 4. The Labute approximate surface area is 144 Å². The van der Waals surface area contributed by atoms with Gasteiger partial charge in [-0.2, -0.15) is 13.2 Å². The molecule has 0 saturated carbocycles. The van der Waals surface area contributed by atoms with Gasteiger partial charge in [0.1, 0.15) is 5.82 Å². The quantitative estimate of drug-likeness (QED) is 0.625. The summed E-state index contributed by atoms with van der Waals surface area (Å²) >= 11 is 0. The van der Waals surface area contributed by atoms with Crippen molar-refractivity contribution in [1.29, 1.82) is 0 Å². The first-order valence-electron chi connectivity index (χ1n) is 7.25. The molecule has 3 amide bonds. The molecular weight excluding hydrogens is 360 g/mol. The topological polar surface area (TPSA) is 106 Å². The van der Waals surface area contributed by atoms with Crippen molar-refractivity contribution in [2.24, 2.45) is 5.73 Å². The molecule has 12 heteroatoms. The summed E-state index contributed by atoms with van der Waals surface area (Å²) in [5.41, 5.74) is 5.79. The highest BCUT2D eigenvalue weighted by Gasteiger charge is 2.34. The number of nitrogens with two attached hydrogens (primary N) is 1. The maximum Gasteiger partial charge on any atom is 0.419 e. The average Bonchev–Trinajstić information content (AvgIpc) is 3.01. The first-order valence-corrected chi connectivity index (χ1v) is 7.25. The number of rotatable bonds is 4. The van der Waals surface area contributed by atoms with Crippen LogP contribution in [-0.2, 0) is 12.7 Å². The molecule has 0 bridgehead atoms. The number of benzene rings is 1. The van der Waals surface area contributed by atoms with Crippen LogP contribution in [0, 0.1) is 5.82 Å². The van der Waals surface area contributed by atoms with Crippen molar-refractivity contribution >= 4 is 11.9 Å². The highest BCUT2D eigenvalue weighted by molar-refractivity contribution is 5.92. The van der Waals surface area contributed by atoms with E-state index in [0.717, 1.165) is 15.8 Å². The molecule has 0 radical (unpaired) electrons. The van der Waals surface area contributed by atoms with Crippen LogP contribution in [0.25, 0.3) is 0 Å². The first-order chi connectivity index (χ1) is 12.1. The maximum atomic E-state index is 13.3. The van der Waals surface area contributed by atoms with Gasteiger partial charge in [-0.3, -0.25) is 10.2 Å². The van der Waals surface area contributed by atoms with Crippen molar-refractivity contribution in [1.82, 2.24) is 25.4 Å². The van der Waals surface area contributed by atoms with Crippen molar-refractivity contribution in [3.8, 4) is 0 Å². The Bertz CT molecular complexity index is 820. The standard InChI is InChI=1S/C14H14F4N6O2/c1-2-24(13(19)26)21-12(25)11-7-23(22-20-11)6-8-3-4-10(15)9(5-8)14(16,17)18/h3-5,7H,2,6H2,1H3,(H2,19,26)(H,21,25). The third-order valence-electron chi connectivity index (χ3n) is 3.27. The number of alkyl halides is 3. The van der Waals surface area contributed by atoms with E-state index in [-0.39, 0.29) is 24.3 Å². The van der Waals surface area contributed by atoms with Crippen LogP contribution in [0.15, 0.2) is 24.4 Å². The van der Waals surface area contributed by atoms with Crippen LogP contribution in [0.2, 0.25) is 0 Å². The second-order valence-corrected chi connectivity index (χ2v) is 5.14. The largest absolute Gasteiger partial charge is 0.419 e. The van der Waals surface area contributed by atoms with Crippen LogP contribution in [0.1, 0.15) is 28.5 Å². The lowest BCUT2D eigenvalue weighted by Crippen LogP contribution is -2.48. The highest BCUT2D eigenvalue weighted by atomic mass is 19.4. The fraction of sp³-hybridized carbons (Fsp3) is 0.286. The van der Waals surface area contributed by atoms with Gasteiger partial charge in [-0.05, 0) is 24.6 Å². The summed E-state index contributed by atoms with van der Waals surface area (Å²) in [4.78, 5) is 23.0. The number of hydrazine groups is 1. The maximum absolute atomic E-state index is 13.3. The minimum Gasteiger partial charge on any atom is -0.350 e. The minimum absolute atomic E-state index is 0.114. The Kier molecular flexibility index (Phi) is 5.43. The summed E-state index contributed by atoms with van der Waals surface area (Å²) < 4.78 is 52.6. The van der Waals surface area contributed by atoms with E-state index in [1.54, 1.807) is 6.92 Å². The molecule has 1 aromatic heterocycles. The Morgan fingerprint density at radius 1 is 1.35 bits per heavy atom. The lowest BCUT2D eigenvalue weighted by atomic mass is 10.1. The van der Waals surface area contributed by atoms with E-state index in [1.165, 1.54) is 6.20 Å². The number of nitrogens with one attached hydrogen (secondary N) is 1. The number of carbonyl (C=O) groups excluding carboxylic acids is 2. The van der Waals surface area contributed by atoms with Crippen LogP contribution < -0.4 is 11.2 Å². The molecule has 26 heavy (non-hydrogen) atoms. The van der Waals surface area contributed by atoms with Crippen molar-refractivity contribution in [2.45, 2.75) is 19.6 Å². The third-order valence-corrected chi connectivity index (χ3v) is 3.27. The van der Waals surface area contributed by atoms with Crippen LogP contribution in [0.4, 0.5) is 22.4 Å². The van der Waals surface area contributed by atoms with Crippen molar-refractivity contribution in [3.05, 3.63) is 47.0 Å². The summed E-state index contributed by atoms with van der Waals surface area (Å²) in [6.07, 6.45) is -3.66. The zero-order valence-corrected chi connectivity index (χ0v) is 13.4. The lowest BCUT2D eigenvalue weighted by Gasteiger charge is -2.17. The Morgan fingerprint density at radius 2 is 2.04 bits per heavy atom. The van der Waals surface area contributed by atoms with E-state index >= 15 is 0 Å². The smallest absolute Gasteiger partial charge is 0.350 e. The first kappa shape index (κ1) is 19.1. The van der Waals surface area contributed by atoms with Gasteiger partial charge >= 0.3 is 12.2 Å². The number of aromatic nitrogens is 3. The summed E-state index contributed by atoms with van der Waals surface area (Å²) in [6, 6.07) is 1.65. The van der Waals surface area contributed by atoms with Crippen molar-refractivity contribution in [2.75, 3.05) is 6.54 Å². The molecule has 0 aliphatic carbocycles. The van der Waals surface area contributed by atoms with Gasteiger partial charge in [0.05, 0.1) is 18.3 Å². The summed E-state index contributed by atoms with van der Waals surface area (Å²) in [6.45, 7) is 1.52. The second-order valence-electron chi connectivity index (χ2n) is 5.14. The molecule has 0 saturated heterocycles. The number of halogens is 4. The molecule has 0 aliphatic heterocycles. The number of urea groups is 1. The normalized spacial score (nSPS) is 11.3. The molecule has 8 nitrogen and oxygen atoms in total. The number of hydrogen-bond donors (Lipinski definition) is 2. The molecule has 3 N–H and O–H groups in total. The van der Waals surface area contributed by atoms with E-state index in [2.05, 4.69) is 15.7 Å². The molecule has 0 unspecified atom stereocenters. The highest BCUT2D eigenvalue weighted by Crippen LogP contribution is 2.31. The SMILES string of the molecule is CCN(NC(=O)c1cn(Cc2ccc(F)c(C(F)(F)F)c2)nn1)C(N)=O. The molecule has 0 fully saturated rings. The van der Waals surface area contributed by atoms with Crippen LogP contribution in [-0.4, -0.2) is 38.5 Å². The Morgan fingerprint density at radius 3 is 2.62 bits per heavy atom. The van der Waals surface area contributed by atoms with E-state index in [0.29, 0.717) is 12.1 Å². The average molecular weight is 374 g/mol. The fourth-order valence-corrected chi connectivity index (χ4v) is 2.02. The number of amides is 3. The summed E-state index contributed by atoms with van der Waals surface area (Å²) in [5.74, 6) is -2.15. The predicted molar refractivity (Wildman–Crippen MR) is 80.0 cm³/mol. The second kappa shape index (κ2) is 7.37. The van der Waals surface area contributed by atoms with Crippen LogP contribution in [0.3, 0.4) is 0 Å². The van der Waals surface area contributed by atoms with E-state index in [1.807, 2.05) is 0 Å². The van der Waals surface area contributed by atoms with Gasteiger partial charge in [-0.1, -0.05) is 11.3 Å². The lowest BCUT2D eigenvalue weighted by molar-refractivity contribution is -0.140. The van der Waals surface area contributed by atoms with Crippen molar-refractivity contribution < 1.29 is 27.2 Å². The predicted octanol–water partition coefficient (Wildman–Crippen LogP) is 1.53. The molecule has 140 valence electrons. The zero-order chi connectivity index (χ0) is 19.5. The van der Waals surface area contributed by atoms with Crippen LogP contribution >= 0.6 is 0 Å². The van der Waals surface area contributed by atoms with Crippen molar-refractivity contribution in [3.63, 3.8) is 0 Å². The van der Waals surface area contributed by atoms with Gasteiger partial charge in [-0.15, -0.1) is 5.10 Å². The van der Waals surface area contributed by atoms with Gasteiger partial charge in [0, 0.05) is 6.54 Å². The van der Waals surface area contributed by atoms with Crippen LogP contribution in [0.5, 0.6) is 0 Å². The molecule has 0 spiro atoms. The van der Waals surface area contributed by atoms with Gasteiger partial charge in [0.2, 0.25) is 0 Å². The number of primary amides is 1. The molecule has 1 heterocycles. The monoisotopic (exact) mass is 374 g/mol. The molecular formula is C14H14F4N6O2. The minimum atomic E-state index is -4.83. The zero-order valence-electron chi connectivity index (χ0n) is 13.4. The third kappa shape index (κ3) is 4.46. The summed E-state index contributed by atoms with van der Waals surface area (Å²) in [7, 11) is 0. The van der Waals surface area contributed by atoms with E-state index < -0.39 is 29.5 Å². The molecule has 2 rings (SSSR count). The molecule has 2 aromatic rings. The molecule has 1 aromatic carbocycles. The van der Waals surface area contributed by atoms with Gasteiger partial charge in [-0.25, -0.2) is 18.9 Å².